The van der Waals surface area contributed by atoms with Crippen molar-refractivity contribution >= 4 is 11.6 Å². The van der Waals surface area contributed by atoms with Crippen molar-refractivity contribution in [1.82, 2.24) is 14.8 Å². The van der Waals surface area contributed by atoms with Gasteiger partial charge in [-0.1, -0.05) is 18.2 Å². The number of methoxy groups -OCH3 is 1. The minimum Gasteiger partial charge on any atom is -0.380 e. The van der Waals surface area contributed by atoms with Gasteiger partial charge in [-0.3, -0.25) is 4.68 Å². The Hall–Kier alpha value is -2.41. The molecule has 0 atom stereocenters. The minimum absolute atomic E-state index is 0.320. The number of nitrogens with two attached hydrogens (primary N) is 1. The molecule has 0 radical (unpaired) electrons. The van der Waals surface area contributed by atoms with Crippen molar-refractivity contribution < 1.29 is 4.74 Å². The van der Waals surface area contributed by atoms with Crippen LogP contribution < -0.4 is 11.1 Å². The molecular formula is C13H18N6O. The van der Waals surface area contributed by atoms with Gasteiger partial charge in [0, 0.05) is 25.4 Å². The number of para-hydroxylation sites is 1. The highest BCUT2D eigenvalue weighted by molar-refractivity contribution is 5.92. The van der Waals surface area contributed by atoms with E-state index in [2.05, 4.69) is 20.4 Å². The van der Waals surface area contributed by atoms with Crippen molar-refractivity contribution in [3.63, 3.8) is 0 Å². The number of rotatable bonds is 5. The molecule has 1 aromatic carbocycles. The summed E-state index contributed by atoms with van der Waals surface area (Å²) in [7, 11) is 3.46. The van der Waals surface area contributed by atoms with Crippen molar-refractivity contribution in [2.75, 3.05) is 12.4 Å². The first-order valence-electron chi connectivity index (χ1n) is 6.17. The summed E-state index contributed by atoms with van der Waals surface area (Å²) in [5.74, 6) is 0.948. The zero-order valence-electron chi connectivity index (χ0n) is 11.6. The van der Waals surface area contributed by atoms with Crippen LogP contribution in [0.3, 0.4) is 0 Å². The Labute approximate surface area is 117 Å². The number of hydrogen-bond acceptors (Lipinski definition) is 4. The van der Waals surface area contributed by atoms with Crippen LogP contribution in [0.4, 0.5) is 5.69 Å². The van der Waals surface area contributed by atoms with Gasteiger partial charge in [0.2, 0.25) is 0 Å². The number of aryl methyl sites for hydroxylation is 1. The summed E-state index contributed by atoms with van der Waals surface area (Å²) in [5, 5.41) is 7.19. The SMILES string of the molecule is COCc1ccccc1NC(N)=NCc1ncn(C)n1. The number of hydrogen-bond donors (Lipinski definition) is 2. The van der Waals surface area contributed by atoms with Gasteiger partial charge in [0.25, 0.3) is 0 Å². The van der Waals surface area contributed by atoms with E-state index in [0.29, 0.717) is 24.9 Å². The predicted molar refractivity (Wildman–Crippen MR) is 77.1 cm³/mol. The zero-order chi connectivity index (χ0) is 14.4. The second-order valence-corrected chi connectivity index (χ2v) is 4.25. The van der Waals surface area contributed by atoms with E-state index in [-0.39, 0.29) is 0 Å². The van der Waals surface area contributed by atoms with E-state index in [9.17, 15) is 0 Å². The molecule has 0 spiro atoms. The number of benzene rings is 1. The first-order valence-corrected chi connectivity index (χ1v) is 6.17. The maximum atomic E-state index is 5.86. The van der Waals surface area contributed by atoms with Gasteiger partial charge >= 0.3 is 0 Å². The van der Waals surface area contributed by atoms with Crippen molar-refractivity contribution in [2.45, 2.75) is 13.2 Å². The summed E-state index contributed by atoms with van der Waals surface area (Å²) in [5.41, 5.74) is 7.76. The Morgan fingerprint density at radius 2 is 2.25 bits per heavy atom. The number of anilines is 1. The highest BCUT2D eigenvalue weighted by atomic mass is 16.5. The van der Waals surface area contributed by atoms with Gasteiger partial charge in [-0.25, -0.2) is 9.98 Å². The van der Waals surface area contributed by atoms with Gasteiger partial charge in [-0.15, -0.1) is 0 Å². The van der Waals surface area contributed by atoms with Crippen LogP contribution in [-0.2, 0) is 24.9 Å². The van der Waals surface area contributed by atoms with Gasteiger partial charge in [-0.05, 0) is 6.07 Å². The molecule has 0 saturated heterocycles. The third-order valence-corrected chi connectivity index (χ3v) is 2.62. The van der Waals surface area contributed by atoms with E-state index >= 15 is 0 Å². The Morgan fingerprint density at radius 1 is 1.45 bits per heavy atom. The smallest absolute Gasteiger partial charge is 0.193 e. The molecule has 0 aliphatic carbocycles. The molecule has 0 aliphatic rings. The summed E-state index contributed by atoms with van der Waals surface area (Å²) >= 11 is 0. The van der Waals surface area contributed by atoms with Gasteiger partial charge in [-0.2, -0.15) is 5.10 Å². The van der Waals surface area contributed by atoms with Gasteiger partial charge in [0.15, 0.2) is 11.8 Å². The van der Waals surface area contributed by atoms with Crippen molar-refractivity contribution in [3.8, 4) is 0 Å². The Kier molecular flexibility index (Phi) is 4.67. The highest BCUT2D eigenvalue weighted by Crippen LogP contribution is 2.15. The lowest BCUT2D eigenvalue weighted by atomic mass is 10.2. The molecule has 3 N–H and O–H groups in total. The fourth-order valence-electron chi connectivity index (χ4n) is 1.71. The second kappa shape index (κ2) is 6.67. The third-order valence-electron chi connectivity index (χ3n) is 2.62. The molecular weight excluding hydrogens is 256 g/mol. The lowest BCUT2D eigenvalue weighted by Crippen LogP contribution is -2.23. The summed E-state index contributed by atoms with van der Waals surface area (Å²) in [4.78, 5) is 8.29. The van der Waals surface area contributed by atoms with Crippen LogP contribution in [0, 0.1) is 0 Å². The van der Waals surface area contributed by atoms with E-state index in [1.54, 1.807) is 18.1 Å². The number of aromatic nitrogens is 3. The van der Waals surface area contributed by atoms with Crippen molar-refractivity contribution in [2.24, 2.45) is 17.8 Å². The molecule has 106 valence electrons. The average molecular weight is 274 g/mol. The summed E-state index contributed by atoms with van der Waals surface area (Å²) < 4.78 is 6.77. The maximum Gasteiger partial charge on any atom is 0.193 e. The van der Waals surface area contributed by atoms with Crippen LogP contribution in [0.1, 0.15) is 11.4 Å². The number of aliphatic imine (C=N–C) groups is 1. The lowest BCUT2D eigenvalue weighted by Gasteiger charge is -2.10. The molecule has 2 aromatic rings. The molecule has 7 nitrogen and oxygen atoms in total. The van der Waals surface area contributed by atoms with E-state index in [1.807, 2.05) is 31.3 Å². The van der Waals surface area contributed by atoms with Crippen LogP contribution in [0.15, 0.2) is 35.6 Å². The molecule has 0 fully saturated rings. The molecule has 20 heavy (non-hydrogen) atoms. The quantitative estimate of drug-likeness (QED) is 0.624. The normalized spacial score (nSPS) is 11.6. The molecule has 7 heteroatoms. The lowest BCUT2D eigenvalue weighted by molar-refractivity contribution is 0.185. The summed E-state index contributed by atoms with van der Waals surface area (Å²) in [6, 6.07) is 7.77. The molecule has 0 amide bonds. The van der Waals surface area contributed by atoms with E-state index in [0.717, 1.165) is 11.3 Å². The molecule has 0 bridgehead atoms. The fourth-order valence-corrected chi connectivity index (χ4v) is 1.71. The number of guanidine groups is 1. The fraction of sp³-hybridized carbons (Fsp3) is 0.308. The van der Waals surface area contributed by atoms with Crippen LogP contribution in [0.5, 0.6) is 0 Å². The summed E-state index contributed by atoms with van der Waals surface area (Å²) in [6.45, 7) is 0.852. The monoisotopic (exact) mass is 274 g/mol. The van der Waals surface area contributed by atoms with Gasteiger partial charge in [0.1, 0.15) is 12.9 Å². The summed E-state index contributed by atoms with van der Waals surface area (Å²) in [6.07, 6.45) is 1.63. The van der Waals surface area contributed by atoms with Gasteiger partial charge < -0.3 is 15.8 Å². The third kappa shape index (κ3) is 3.79. The molecule has 1 aromatic heterocycles. The average Bonchev–Trinajstić information content (AvgIpc) is 2.85. The first kappa shape index (κ1) is 14.0. The van der Waals surface area contributed by atoms with E-state index in [1.165, 1.54) is 0 Å². The molecule has 0 saturated carbocycles. The first-order chi connectivity index (χ1) is 9.69. The Balaban J connectivity index is 2.01. The Bertz CT molecular complexity index is 592. The van der Waals surface area contributed by atoms with Crippen molar-refractivity contribution in [1.29, 1.82) is 0 Å². The van der Waals surface area contributed by atoms with Gasteiger partial charge in [0.05, 0.1) is 6.61 Å². The number of nitrogens with one attached hydrogen (secondary N) is 1. The predicted octanol–water partition coefficient (Wildman–Crippen LogP) is 0.888. The standard InChI is InChI=1S/C13H18N6O/c1-19-9-16-12(18-19)7-15-13(14)17-11-6-4-3-5-10(11)8-20-2/h3-6,9H,7-8H2,1-2H3,(H3,14,15,17). The zero-order valence-corrected chi connectivity index (χ0v) is 11.6. The second-order valence-electron chi connectivity index (χ2n) is 4.25. The number of ether oxygens (including phenoxy) is 1. The van der Waals surface area contributed by atoms with Crippen LogP contribution in [-0.4, -0.2) is 27.8 Å². The van der Waals surface area contributed by atoms with E-state index < -0.39 is 0 Å². The largest absolute Gasteiger partial charge is 0.380 e. The number of nitrogens with zero attached hydrogens (tertiary/aromatic N) is 4. The van der Waals surface area contributed by atoms with E-state index in [4.69, 9.17) is 10.5 Å². The molecule has 1 heterocycles. The molecule has 2 rings (SSSR count). The van der Waals surface area contributed by atoms with Crippen molar-refractivity contribution in [3.05, 3.63) is 42.0 Å². The van der Waals surface area contributed by atoms with Crippen LogP contribution in [0.2, 0.25) is 0 Å². The Morgan fingerprint density at radius 3 is 2.95 bits per heavy atom. The minimum atomic E-state index is 0.320. The van der Waals surface area contributed by atoms with Crippen LogP contribution >= 0.6 is 0 Å². The maximum absolute atomic E-state index is 5.86. The molecule has 0 aliphatic heterocycles. The topological polar surface area (TPSA) is 90.4 Å². The van der Waals surface area contributed by atoms with Crippen LogP contribution in [0.25, 0.3) is 0 Å². The highest BCUT2D eigenvalue weighted by Gasteiger charge is 2.03. The molecule has 0 unspecified atom stereocenters.